The molecule has 1 fully saturated rings. The minimum atomic E-state index is -0.497. The molecule has 0 aromatic heterocycles. The average Bonchev–Trinajstić information content (AvgIpc) is 2.77. The SMILES string of the molecule is COC(=O)C1(NC(C)C)CCCC1CCSCCO. The predicted octanol–water partition coefficient (Wildman–Crippen LogP) is 1.81. The molecule has 2 N–H and O–H groups in total. The van der Waals surface area contributed by atoms with E-state index in [0.29, 0.717) is 5.92 Å². The molecule has 1 aliphatic rings. The number of hydrogen-bond donors (Lipinski definition) is 2. The van der Waals surface area contributed by atoms with Gasteiger partial charge in [0.25, 0.3) is 0 Å². The van der Waals surface area contributed by atoms with E-state index in [-0.39, 0.29) is 18.6 Å². The van der Waals surface area contributed by atoms with Crippen molar-refractivity contribution in [2.24, 2.45) is 5.92 Å². The summed E-state index contributed by atoms with van der Waals surface area (Å²) in [6, 6.07) is 0.268. The van der Waals surface area contributed by atoms with Crippen LogP contribution < -0.4 is 5.32 Å². The number of aliphatic hydroxyl groups is 1. The van der Waals surface area contributed by atoms with Gasteiger partial charge >= 0.3 is 5.97 Å². The molecule has 2 unspecified atom stereocenters. The highest BCUT2D eigenvalue weighted by molar-refractivity contribution is 7.99. The summed E-state index contributed by atoms with van der Waals surface area (Å²) in [6.45, 7) is 4.36. The van der Waals surface area contributed by atoms with Gasteiger partial charge in [-0.25, -0.2) is 0 Å². The minimum Gasteiger partial charge on any atom is -0.468 e. The molecule has 0 spiro atoms. The average molecular weight is 289 g/mol. The van der Waals surface area contributed by atoms with Gasteiger partial charge in [-0.05, 0) is 44.8 Å². The van der Waals surface area contributed by atoms with Crippen LogP contribution in [0, 0.1) is 5.92 Å². The molecule has 1 aliphatic carbocycles. The third kappa shape index (κ3) is 4.36. The summed E-state index contributed by atoms with van der Waals surface area (Å²) in [5, 5.41) is 12.3. The Balaban J connectivity index is 2.67. The lowest BCUT2D eigenvalue weighted by atomic mass is 9.84. The van der Waals surface area contributed by atoms with E-state index in [0.717, 1.165) is 37.2 Å². The normalized spacial score (nSPS) is 26.9. The van der Waals surface area contributed by atoms with Crippen LogP contribution in [-0.4, -0.2) is 47.9 Å². The highest BCUT2D eigenvalue weighted by Crippen LogP contribution is 2.39. The van der Waals surface area contributed by atoms with Crippen LogP contribution in [0.4, 0.5) is 0 Å². The fourth-order valence-electron chi connectivity index (χ4n) is 3.08. The van der Waals surface area contributed by atoms with Crippen molar-refractivity contribution in [3.8, 4) is 0 Å². The van der Waals surface area contributed by atoms with E-state index in [1.54, 1.807) is 11.8 Å². The van der Waals surface area contributed by atoms with Gasteiger partial charge in [0.2, 0.25) is 0 Å². The van der Waals surface area contributed by atoms with Crippen LogP contribution in [0.2, 0.25) is 0 Å². The summed E-state index contributed by atoms with van der Waals surface area (Å²) in [6.07, 6.45) is 4.02. The largest absolute Gasteiger partial charge is 0.468 e. The molecule has 0 amide bonds. The second-order valence-corrected chi connectivity index (χ2v) is 6.70. The molecule has 0 radical (unpaired) electrons. The molecule has 2 atom stereocenters. The molecule has 0 aromatic rings. The van der Waals surface area contributed by atoms with Crippen molar-refractivity contribution in [2.45, 2.75) is 51.1 Å². The van der Waals surface area contributed by atoms with E-state index in [1.165, 1.54) is 7.11 Å². The molecule has 0 heterocycles. The van der Waals surface area contributed by atoms with Crippen LogP contribution in [0.3, 0.4) is 0 Å². The molecular formula is C14H27NO3S. The van der Waals surface area contributed by atoms with Gasteiger partial charge in [-0.15, -0.1) is 0 Å². The molecule has 0 aliphatic heterocycles. The van der Waals surface area contributed by atoms with Crippen molar-refractivity contribution in [3.05, 3.63) is 0 Å². The maximum atomic E-state index is 12.2. The first-order valence-corrected chi connectivity index (χ1v) is 8.27. The molecule has 0 aromatic carbocycles. The molecule has 4 nitrogen and oxygen atoms in total. The van der Waals surface area contributed by atoms with Crippen molar-refractivity contribution in [1.82, 2.24) is 5.32 Å². The Kier molecular flexibility index (Phi) is 7.18. The van der Waals surface area contributed by atoms with Crippen LogP contribution in [0.1, 0.15) is 39.5 Å². The Morgan fingerprint density at radius 1 is 1.53 bits per heavy atom. The van der Waals surface area contributed by atoms with Crippen molar-refractivity contribution in [2.75, 3.05) is 25.2 Å². The Morgan fingerprint density at radius 2 is 2.26 bits per heavy atom. The Labute approximate surface area is 120 Å². The quantitative estimate of drug-likeness (QED) is 0.527. The Hall–Kier alpha value is -0.260. The number of rotatable bonds is 8. The summed E-state index contributed by atoms with van der Waals surface area (Å²) in [5.74, 6) is 1.99. The minimum absolute atomic E-state index is 0.115. The maximum Gasteiger partial charge on any atom is 0.326 e. The van der Waals surface area contributed by atoms with E-state index in [1.807, 2.05) is 0 Å². The van der Waals surface area contributed by atoms with Crippen molar-refractivity contribution >= 4 is 17.7 Å². The lowest BCUT2D eigenvalue weighted by Gasteiger charge is -2.35. The van der Waals surface area contributed by atoms with Crippen LogP contribution in [0.25, 0.3) is 0 Å². The van der Waals surface area contributed by atoms with Gasteiger partial charge in [0.1, 0.15) is 5.54 Å². The monoisotopic (exact) mass is 289 g/mol. The van der Waals surface area contributed by atoms with Gasteiger partial charge in [-0.3, -0.25) is 10.1 Å². The van der Waals surface area contributed by atoms with Gasteiger partial charge in [0, 0.05) is 11.8 Å². The first kappa shape index (κ1) is 16.8. The number of thioether (sulfide) groups is 1. The van der Waals surface area contributed by atoms with E-state index in [2.05, 4.69) is 19.2 Å². The van der Waals surface area contributed by atoms with Gasteiger partial charge in [0.15, 0.2) is 0 Å². The molecule has 112 valence electrons. The number of methoxy groups -OCH3 is 1. The first-order valence-electron chi connectivity index (χ1n) is 7.11. The number of hydrogen-bond acceptors (Lipinski definition) is 5. The molecule has 0 bridgehead atoms. The third-order valence-electron chi connectivity index (χ3n) is 3.76. The van der Waals surface area contributed by atoms with Crippen molar-refractivity contribution in [1.29, 1.82) is 0 Å². The van der Waals surface area contributed by atoms with E-state index in [9.17, 15) is 4.79 Å². The number of carbonyl (C=O) groups excluding carboxylic acids is 1. The topological polar surface area (TPSA) is 58.6 Å². The fraction of sp³-hybridized carbons (Fsp3) is 0.929. The predicted molar refractivity (Wildman–Crippen MR) is 79.4 cm³/mol. The second kappa shape index (κ2) is 8.12. The standard InChI is InChI=1S/C14H27NO3S/c1-11(2)15-14(13(17)18-3)7-4-5-12(14)6-9-19-10-8-16/h11-12,15-16H,4-10H2,1-3H3. The lowest BCUT2D eigenvalue weighted by molar-refractivity contribution is -0.150. The molecule has 5 heteroatoms. The smallest absolute Gasteiger partial charge is 0.326 e. The third-order valence-corrected chi connectivity index (χ3v) is 4.76. The van der Waals surface area contributed by atoms with E-state index in [4.69, 9.17) is 9.84 Å². The first-order chi connectivity index (χ1) is 9.06. The number of esters is 1. The zero-order chi connectivity index (χ0) is 14.3. The summed E-state index contributed by atoms with van der Waals surface area (Å²) >= 11 is 1.75. The van der Waals surface area contributed by atoms with Gasteiger partial charge < -0.3 is 9.84 Å². The fourth-order valence-corrected chi connectivity index (χ4v) is 3.86. The number of ether oxygens (including phenoxy) is 1. The summed E-state index contributed by atoms with van der Waals surface area (Å²) < 4.78 is 5.05. The van der Waals surface area contributed by atoms with Crippen LogP contribution in [0.15, 0.2) is 0 Å². The number of nitrogens with one attached hydrogen (secondary N) is 1. The van der Waals surface area contributed by atoms with Crippen LogP contribution >= 0.6 is 11.8 Å². The van der Waals surface area contributed by atoms with Crippen LogP contribution in [0.5, 0.6) is 0 Å². The van der Waals surface area contributed by atoms with Gasteiger partial charge in [-0.2, -0.15) is 11.8 Å². The Morgan fingerprint density at radius 3 is 2.84 bits per heavy atom. The van der Waals surface area contributed by atoms with Crippen molar-refractivity contribution < 1.29 is 14.6 Å². The second-order valence-electron chi connectivity index (χ2n) is 5.48. The lowest BCUT2D eigenvalue weighted by Crippen LogP contribution is -2.57. The molecule has 1 rings (SSSR count). The van der Waals surface area contributed by atoms with Crippen molar-refractivity contribution in [3.63, 3.8) is 0 Å². The summed E-state index contributed by atoms with van der Waals surface area (Å²) in [5.41, 5.74) is -0.497. The van der Waals surface area contributed by atoms with E-state index < -0.39 is 5.54 Å². The molecular weight excluding hydrogens is 262 g/mol. The highest BCUT2D eigenvalue weighted by atomic mass is 32.2. The molecule has 1 saturated carbocycles. The summed E-state index contributed by atoms with van der Waals surface area (Å²) in [4.78, 5) is 12.2. The zero-order valence-electron chi connectivity index (χ0n) is 12.3. The van der Waals surface area contributed by atoms with Gasteiger partial charge in [-0.1, -0.05) is 6.42 Å². The Bertz CT molecular complexity index is 286. The number of aliphatic hydroxyl groups excluding tert-OH is 1. The highest BCUT2D eigenvalue weighted by Gasteiger charge is 2.49. The number of carbonyl (C=O) groups is 1. The molecule has 0 saturated heterocycles. The maximum absolute atomic E-state index is 12.2. The van der Waals surface area contributed by atoms with Gasteiger partial charge in [0.05, 0.1) is 13.7 Å². The zero-order valence-corrected chi connectivity index (χ0v) is 13.1. The summed E-state index contributed by atoms with van der Waals surface area (Å²) in [7, 11) is 1.47. The van der Waals surface area contributed by atoms with Crippen LogP contribution in [-0.2, 0) is 9.53 Å². The van der Waals surface area contributed by atoms with E-state index >= 15 is 0 Å². The molecule has 19 heavy (non-hydrogen) atoms.